The molecule has 0 saturated heterocycles. The van der Waals surface area contributed by atoms with Crippen molar-refractivity contribution in [3.05, 3.63) is 69.5 Å². The van der Waals surface area contributed by atoms with Gasteiger partial charge in [-0.15, -0.1) is 11.3 Å². The molecule has 0 aliphatic rings. The van der Waals surface area contributed by atoms with Crippen molar-refractivity contribution in [3.63, 3.8) is 0 Å². The van der Waals surface area contributed by atoms with Gasteiger partial charge < -0.3 is 23.9 Å². The smallest absolute Gasteiger partial charge is 0.348 e. The molecule has 0 fully saturated rings. The first-order chi connectivity index (χ1) is 17.0. The fraction of sp³-hybridized carbons (Fsp3) is 0.370. The van der Waals surface area contributed by atoms with Crippen molar-refractivity contribution >= 4 is 34.2 Å². The minimum absolute atomic E-state index is 0.0372. The fourth-order valence-electron chi connectivity index (χ4n) is 3.39. The van der Waals surface area contributed by atoms with E-state index in [1.165, 1.54) is 11.6 Å². The molecule has 0 unspecified atom stereocenters. The van der Waals surface area contributed by atoms with Crippen LogP contribution in [0.3, 0.4) is 0 Å². The number of rotatable bonds is 9. The van der Waals surface area contributed by atoms with Crippen LogP contribution in [0.15, 0.2) is 40.8 Å². The third-order valence-electron chi connectivity index (χ3n) is 5.30. The predicted octanol–water partition coefficient (Wildman–Crippen LogP) is 6.13. The van der Waals surface area contributed by atoms with Crippen molar-refractivity contribution in [1.29, 1.82) is 0 Å². The molecule has 0 radical (unpaired) electrons. The number of nitrogens with one attached hydrogen (secondary N) is 1. The third-order valence-corrected chi connectivity index (χ3v) is 6.49. The number of hydrogen-bond donors (Lipinski definition) is 1. The Morgan fingerprint density at radius 1 is 0.944 bits per heavy atom. The molecular formula is C27H31NO7S. The van der Waals surface area contributed by atoms with Gasteiger partial charge in [0.2, 0.25) is 0 Å². The molecular weight excluding hydrogens is 482 g/mol. The number of esters is 2. The Morgan fingerprint density at radius 3 is 2.19 bits per heavy atom. The minimum Gasteiger partial charge on any atom is -0.486 e. The van der Waals surface area contributed by atoms with Crippen molar-refractivity contribution in [2.45, 2.75) is 53.6 Å². The van der Waals surface area contributed by atoms with E-state index < -0.39 is 17.8 Å². The zero-order valence-corrected chi connectivity index (χ0v) is 22.2. The summed E-state index contributed by atoms with van der Waals surface area (Å²) in [7, 11) is 0. The molecule has 8 nitrogen and oxygen atoms in total. The van der Waals surface area contributed by atoms with E-state index in [2.05, 4.69) is 26.1 Å². The number of carbonyl (C=O) groups is 3. The van der Waals surface area contributed by atoms with E-state index >= 15 is 0 Å². The molecule has 0 atom stereocenters. The summed E-state index contributed by atoms with van der Waals surface area (Å²) in [6.45, 7) is 11.9. The number of anilines is 1. The lowest BCUT2D eigenvalue weighted by atomic mass is 9.87. The van der Waals surface area contributed by atoms with Gasteiger partial charge in [0, 0.05) is 0 Å². The van der Waals surface area contributed by atoms with Gasteiger partial charge in [0.1, 0.15) is 28.0 Å². The van der Waals surface area contributed by atoms with Crippen LogP contribution in [0.25, 0.3) is 0 Å². The lowest BCUT2D eigenvalue weighted by molar-refractivity contribution is 0.0527. The maximum atomic E-state index is 12.9. The molecule has 0 spiro atoms. The Kier molecular flexibility index (Phi) is 8.57. The molecule has 3 rings (SSSR count). The first-order valence-corrected chi connectivity index (χ1v) is 12.5. The molecule has 0 aliphatic carbocycles. The summed E-state index contributed by atoms with van der Waals surface area (Å²) in [6, 6.07) is 11.0. The minimum atomic E-state index is -0.636. The van der Waals surface area contributed by atoms with Crippen molar-refractivity contribution in [3.8, 4) is 5.75 Å². The van der Waals surface area contributed by atoms with Gasteiger partial charge in [-0.05, 0) is 61.6 Å². The molecule has 2 aromatic heterocycles. The monoisotopic (exact) mass is 513 g/mol. The second-order valence-corrected chi connectivity index (χ2v) is 10.0. The summed E-state index contributed by atoms with van der Waals surface area (Å²) in [5.41, 5.74) is 1.75. The van der Waals surface area contributed by atoms with Crippen LogP contribution in [0.5, 0.6) is 5.75 Å². The van der Waals surface area contributed by atoms with Gasteiger partial charge in [-0.1, -0.05) is 32.9 Å². The summed E-state index contributed by atoms with van der Waals surface area (Å²) in [5, 5.41) is 2.86. The summed E-state index contributed by atoms with van der Waals surface area (Å²) in [5.74, 6) is -0.597. The Bertz CT molecular complexity index is 1230. The van der Waals surface area contributed by atoms with Gasteiger partial charge >= 0.3 is 11.9 Å². The van der Waals surface area contributed by atoms with Crippen molar-refractivity contribution in [2.75, 3.05) is 18.5 Å². The van der Waals surface area contributed by atoms with E-state index in [1.807, 2.05) is 24.3 Å². The fourth-order valence-corrected chi connectivity index (χ4v) is 4.47. The van der Waals surface area contributed by atoms with E-state index in [1.54, 1.807) is 26.8 Å². The summed E-state index contributed by atoms with van der Waals surface area (Å²) in [4.78, 5) is 38.0. The largest absolute Gasteiger partial charge is 0.486 e. The SMILES string of the molecule is CCOC(=O)c1sc(NC(=O)c2ccc(COc3ccc(C(C)(C)C)cc3)o2)c(C(=O)OCC)c1C. The molecule has 1 aromatic carbocycles. The van der Waals surface area contributed by atoms with E-state index in [4.69, 9.17) is 18.6 Å². The second kappa shape index (κ2) is 11.4. The zero-order valence-electron chi connectivity index (χ0n) is 21.4. The van der Waals surface area contributed by atoms with Crippen LogP contribution < -0.4 is 10.1 Å². The standard InChI is InChI=1S/C27H31NO7S/c1-7-32-25(30)21-16(3)22(26(31)33-8-2)36-24(21)28-23(29)20-14-13-19(35-20)15-34-18-11-9-17(10-12-18)27(4,5)6/h9-14H,7-8,15H2,1-6H3,(H,28,29). The van der Waals surface area contributed by atoms with E-state index in [-0.39, 0.29) is 46.4 Å². The van der Waals surface area contributed by atoms with Gasteiger partial charge in [0.25, 0.3) is 5.91 Å². The summed E-state index contributed by atoms with van der Waals surface area (Å²) in [6.07, 6.45) is 0. The topological polar surface area (TPSA) is 104 Å². The highest BCUT2D eigenvalue weighted by Crippen LogP contribution is 2.35. The van der Waals surface area contributed by atoms with Crippen LogP contribution in [0.4, 0.5) is 5.00 Å². The molecule has 0 bridgehead atoms. The van der Waals surface area contributed by atoms with Crippen LogP contribution in [0.1, 0.15) is 82.1 Å². The first kappa shape index (κ1) is 27.0. The van der Waals surface area contributed by atoms with E-state index in [0.29, 0.717) is 17.1 Å². The van der Waals surface area contributed by atoms with Crippen molar-refractivity contribution in [1.82, 2.24) is 0 Å². The predicted molar refractivity (Wildman–Crippen MR) is 137 cm³/mol. The van der Waals surface area contributed by atoms with E-state index in [0.717, 1.165) is 11.3 Å². The van der Waals surface area contributed by atoms with Gasteiger partial charge in [0.15, 0.2) is 5.76 Å². The number of hydrogen-bond acceptors (Lipinski definition) is 8. The molecule has 0 aliphatic heterocycles. The molecule has 9 heteroatoms. The van der Waals surface area contributed by atoms with E-state index in [9.17, 15) is 14.4 Å². The second-order valence-electron chi connectivity index (χ2n) is 8.98. The van der Waals surface area contributed by atoms with Crippen LogP contribution in [0.2, 0.25) is 0 Å². The lowest BCUT2D eigenvalue weighted by Crippen LogP contribution is -2.14. The van der Waals surface area contributed by atoms with Crippen LogP contribution in [0, 0.1) is 6.92 Å². The number of ether oxygens (including phenoxy) is 3. The van der Waals surface area contributed by atoms with Crippen molar-refractivity contribution in [2.24, 2.45) is 0 Å². The Morgan fingerprint density at radius 2 is 1.58 bits per heavy atom. The highest BCUT2D eigenvalue weighted by atomic mass is 32.1. The summed E-state index contributed by atoms with van der Waals surface area (Å²) >= 11 is 0.955. The number of furan rings is 1. The highest BCUT2D eigenvalue weighted by molar-refractivity contribution is 7.18. The maximum Gasteiger partial charge on any atom is 0.348 e. The highest BCUT2D eigenvalue weighted by Gasteiger charge is 2.28. The Labute approximate surface area is 214 Å². The van der Waals surface area contributed by atoms with Crippen LogP contribution in [-0.4, -0.2) is 31.1 Å². The Balaban J connectivity index is 1.72. The molecule has 3 aromatic rings. The van der Waals surface area contributed by atoms with Crippen molar-refractivity contribution < 1.29 is 33.0 Å². The average Bonchev–Trinajstić information content (AvgIpc) is 3.42. The summed E-state index contributed by atoms with van der Waals surface area (Å²) < 4.78 is 21.6. The van der Waals surface area contributed by atoms with Gasteiger partial charge in [-0.2, -0.15) is 0 Å². The molecule has 2 heterocycles. The number of benzene rings is 1. The number of thiophene rings is 1. The van der Waals surface area contributed by atoms with Gasteiger partial charge in [-0.25, -0.2) is 9.59 Å². The van der Waals surface area contributed by atoms with Gasteiger partial charge in [-0.3, -0.25) is 4.79 Å². The Hall–Kier alpha value is -3.59. The first-order valence-electron chi connectivity index (χ1n) is 11.7. The molecule has 0 saturated carbocycles. The van der Waals surface area contributed by atoms with Crippen LogP contribution >= 0.6 is 11.3 Å². The quantitative estimate of drug-likeness (QED) is 0.343. The molecule has 1 N–H and O–H groups in total. The zero-order chi connectivity index (χ0) is 26.5. The maximum absolute atomic E-state index is 12.9. The molecule has 36 heavy (non-hydrogen) atoms. The normalized spacial score (nSPS) is 11.2. The molecule has 1 amide bonds. The van der Waals surface area contributed by atoms with Crippen LogP contribution in [-0.2, 0) is 21.5 Å². The number of amides is 1. The lowest BCUT2D eigenvalue weighted by Gasteiger charge is -2.19. The average molecular weight is 514 g/mol. The number of carbonyl (C=O) groups excluding carboxylic acids is 3. The van der Waals surface area contributed by atoms with Gasteiger partial charge in [0.05, 0.1) is 18.8 Å². The third kappa shape index (κ3) is 6.34. The molecule has 192 valence electrons.